The van der Waals surface area contributed by atoms with Gasteiger partial charge in [0.1, 0.15) is 0 Å². The van der Waals surface area contributed by atoms with E-state index in [1.54, 1.807) is 0 Å². The minimum Gasteiger partial charge on any atom is -0.0616 e. The summed E-state index contributed by atoms with van der Waals surface area (Å²) in [5, 5.41) is 10.6. The van der Waals surface area contributed by atoms with Gasteiger partial charge >= 0.3 is 0 Å². The molecule has 0 unspecified atom stereocenters. The molecule has 0 N–H and O–H groups in total. The van der Waals surface area contributed by atoms with Gasteiger partial charge in [-0.2, -0.15) is 0 Å². The van der Waals surface area contributed by atoms with Gasteiger partial charge < -0.3 is 0 Å². The summed E-state index contributed by atoms with van der Waals surface area (Å²) >= 11 is 0. The summed E-state index contributed by atoms with van der Waals surface area (Å²) in [5.74, 6) is 0. The van der Waals surface area contributed by atoms with Crippen LogP contribution in [0.15, 0.2) is 97.1 Å². The predicted octanol–water partition coefficient (Wildman–Crippen LogP) is 8.58. The van der Waals surface area contributed by atoms with Gasteiger partial charge in [-0.05, 0) is 85.3 Å². The molecule has 6 aromatic rings. The zero-order valence-electron chi connectivity index (χ0n) is 17.2. The molecule has 0 aliphatic carbocycles. The van der Waals surface area contributed by atoms with Crippen molar-refractivity contribution in [1.82, 2.24) is 0 Å². The van der Waals surface area contributed by atoms with Gasteiger partial charge in [0.15, 0.2) is 0 Å². The van der Waals surface area contributed by atoms with Crippen molar-refractivity contribution in [2.45, 2.75) is 13.8 Å². The smallest absolute Gasteiger partial charge is 0.00141 e. The SMILES string of the molecule is Cc1cccc2c(-c3c4ccccc4c(C)c4ccccc34)c3ccccc3cc12. The van der Waals surface area contributed by atoms with Crippen molar-refractivity contribution in [3.63, 3.8) is 0 Å². The average Bonchev–Trinajstić information content (AvgIpc) is 2.79. The highest BCUT2D eigenvalue weighted by Crippen LogP contribution is 2.45. The van der Waals surface area contributed by atoms with Crippen LogP contribution in [0, 0.1) is 13.8 Å². The van der Waals surface area contributed by atoms with Gasteiger partial charge in [-0.15, -0.1) is 0 Å². The van der Waals surface area contributed by atoms with Crippen molar-refractivity contribution in [2.24, 2.45) is 0 Å². The molecule has 0 aliphatic heterocycles. The number of rotatable bonds is 1. The van der Waals surface area contributed by atoms with Gasteiger partial charge in [0.25, 0.3) is 0 Å². The fourth-order valence-corrected chi connectivity index (χ4v) is 5.13. The first-order valence-corrected chi connectivity index (χ1v) is 10.6. The normalized spacial score (nSPS) is 11.7. The second kappa shape index (κ2) is 6.43. The van der Waals surface area contributed by atoms with Crippen LogP contribution < -0.4 is 0 Å². The molecular formula is C30H22. The van der Waals surface area contributed by atoms with Crippen LogP contribution in [0.2, 0.25) is 0 Å². The summed E-state index contributed by atoms with van der Waals surface area (Å²) in [4.78, 5) is 0. The Bertz CT molecular complexity index is 1520. The summed E-state index contributed by atoms with van der Waals surface area (Å²) in [7, 11) is 0. The van der Waals surface area contributed by atoms with Crippen molar-refractivity contribution < 1.29 is 0 Å². The molecule has 0 aromatic heterocycles. The van der Waals surface area contributed by atoms with Gasteiger partial charge in [0.05, 0.1) is 0 Å². The number of hydrogen-bond donors (Lipinski definition) is 0. The fourth-order valence-electron chi connectivity index (χ4n) is 5.13. The van der Waals surface area contributed by atoms with Crippen molar-refractivity contribution in [3.05, 3.63) is 108 Å². The van der Waals surface area contributed by atoms with E-state index in [4.69, 9.17) is 0 Å². The van der Waals surface area contributed by atoms with E-state index in [1.165, 1.54) is 65.3 Å². The third-order valence-corrected chi connectivity index (χ3v) is 6.57. The van der Waals surface area contributed by atoms with Crippen molar-refractivity contribution in [3.8, 4) is 11.1 Å². The monoisotopic (exact) mass is 382 g/mol. The van der Waals surface area contributed by atoms with E-state index in [9.17, 15) is 0 Å². The molecule has 0 nitrogen and oxygen atoms in total. The molecule has 6 rings (SSSR count). The van der Waals surface area contributed by atoms with Crippen LogP contribution in [-0.2, 0) is 0 Å². The Morgan fingerprint density at radius 2 is 0.867 bits per heavy atom. The largest absolute Gasteiger partial charge is 0.0616 e. The molecule has 0 amide bonds. The summed E-state index contributed by atoms with van der Waals surface area (Å²) in [6, 6.07) is 35.6. The quantitative estimate of drug-likeness (QED) is 0.250. The third-order valence-electron chi connectivity index (χ3n) is 6.57. The average molecular weight is 383 g/mol. The molecule has 0 bridgehead atoms. The molecule has 0 fully saturated rings. The zero-order chi connectivity index (χ0) is 20.2. The maximum atomic E-state index is 2.35. The minimum atomic E-state index is 1.29. The van der Waals surface area contributed by atoms with Crippen molar-refractivity contribution >= 4 is 43.1 Å². The molecular weight excluding hydrogens is 360 g/mol. The second-order valence-corrected chi connectivity index (χ2v) is 8.23. The van der Waals surface area contributed by atoms with E-state index in [-0.39, 0.29) is 0 Å². The van der Waals surface area contributed by atoms with E-state index in [0.717, 1.165) is 0 Å². The Morgan fingerprint density at radius 1 is 0.400 bits per heavy atom. The van der Waals surface area contributed by atoms with Crippen LogP contribution in [0.3, 0.4) is 0 Å². The predicted molar refractivity (Wildman–Crippen MR) is 131 cm³/mol. The zero-order valence-corrected chi connectivity index (χ0v) is 17.2. The Labute approximate surface area is 176 Å². The number of aryl methyl sites for hydroxylation is 2. The van der Waals surface area contributed by atoms with E-state index >= 15 is 0 Å². The maximum absolute atomic E-state index is 2.35. The molecule has 0 heterocycles. The topological polar surface area (TPSA) is 0 Å². The Morgan fingerprint density at radius 3 is 1.53 bits per heavy atom. The minimum absolute atomic E-state index is 1.29. The van der Waals surface area contributed by atoms with Gasteiger partial charge in [0, 0.05) is 0 Å². The lowest BCUT2D eigenvalue weighted by Gasteiger charge is -2.19. The first-order valence-electron chi connectivity index (χ1n) is 10.6. The van der Waals surface area contributed by atoms with Gasteiger partial charge in [0.2, 0.25) is 0 Å². The molecule has 0 spiro atoms. The van der Waals surface area contributed by atoms with E-state index in [1.807, 2.05) is 0 Å². The second-order valence-electron chi connectivity index (χ2n) is 8.23. The van der Waals surface area contributed by atoms with Crippen LogP contribution in [0.25, 0.3) is 54.2 Å². The van der Waals surface area contributed by atoms with E-state index in [2.05, 4.69) is 111 Å². The lowest BCUT2D eigenvalue weighted by atomic mass is 9.84. The van der Waals surface area contributed by atoms with Crippen LogP contribution in [-0.4, -0.2) is 0 Å². The lowest BCUT2D eigenvalue weighted by Crippen LogP contribution is -1.92. The Hall–Kier alpha value is -3.64. The Kier molecular flexibility index (Phi) is 3.70. The fraction of sp³-hybridized carbons (Fsp3) is 0.0667. The molecule has 0 aliphatic rings. The maximum Gasteiger partial charge on any atom is -0.00141 e. The van der Waals surface area contributed by atoms with Crippen LogP contribution in [0.1, 0.15) is 11.1 Å². The van der Waals surface area contributed by atoms with E-state index < -0.39 is 0 Å². The molecule has 6 aromatic carbocycles. The molecule has 142 valence electrons. The molecule has 0 saturated heterocycles. The molecule has 0 atom stereocenters. The van der Waals surface area contributed by atoms with Gasteiger partial charge in [-0.25, -0.2) is 0 Å². The number of benzene rings is 6. The summed E-state index contributed by atoms with van der Waals surface area (Å²) in [5.41, 5.74) is 5.37. The summed E-state index contributed by atoms with van der Waals surface area (Å²) < 4.78 is 0. The standard InChI is InChI=1S/C30H22/c1-19-10-9-17-27-28(19)18-21-11-3-4-14-24(21)29(27)30-25-15-7-5-12-22(25)20(2)23-13-6-8-16-26(23)30/h3-18H,1-2H3. The van der Waals surface area contributed by atoms with Crippen LogP contribution in [0.4, 0.5) is 0 Å². The summed E-state index contributed by atoms with van der Waals surface area (Å²) in [6.07, 6.45) is 0. The number of fused-ring (bicyclic) bond motifs is 4. The highest BCUT2D eigenvalue weighted by Gasteiger charge is 2.17. The molecule has 0 heteroatoms. The first-order chi connectivity index (χ1) is 14.7. The van der Waals surface area contributed by atoms with Crippen molar-refractivity contribution in [1.29, 1.82) is 0 Å². The highest BCUT2D eigenvalue weighted by atomic mass is 14.2. The lowest BCUT2D eigenvalue weighted by molar-refractivity contribution is 1.54. The highest BCUT2D eigenvalue weighted by molar-refractivity contribution is 6.24. The van der Waals surface area contributed by atoms with Gasteiger partial charge in [-0.1, -0.05) is 91.0 Å². The first kappa shape index (κ1) is 17.2. The van der Waals surface area contributed by atoms with Gasteiger partial charge in [-0.3, -0.25) is 0 Å². The third kappa shape index (κ3) is 2.34. The summed E-state index contributed by atoms with van der Waals surface area (Å²) in [6.45, 7) is 4.46. The van der Waals surface area contributed by atoms with Crippen LogP contribution in [0.5, 0.6) is 0 Å². The molecule has 0 saturated carbocycles. The van der Waals surface area contributed by atoms with E-state index in [0.29, 0.717) is 0 Å². The van der Waals surface area contributed by atoms with Crippen LogP contribution >= 0.6 is 0 Å². The number of hydrogen-bond acceptors (Lipinski definition) is 0. The molecule has 30 heavy (non-hydrogen) atoms. The molecule has 0 radical (unpaired) electrons. The van der Waals surface area contributed by atoms with Crippen molar-refractivity contribution in [2.75, 3.05) is 0 Å². The Balaban J connectivity index is 1.97.